The van der Waals surface area contributed by atoms with Gasteiger partial charge in [-0.1, -0.05) is 24.3 Å². The van der Waals surface area contributed by atoms with E-state index in [9.17, 15) is 4.79 Å². The van der Waals surface area contributed by atoms with Gasteiger partial charge in [0.05, 0.1) is 6.54 Å². The highest BCUT2D eigenvalue weighted by molar-refractivity contribution is 5.81. The van der Waals surface area contributed by atoms with Gasteiger partial charge in [0.25, 0.3) is 0 Å². The number of carbonyl (C=O) groups excluding carboxylic acids is 1. The lowest BCUT2D eigenvalue weighted by Gasteiger charge is -2.37. The van der Waals surface area contributed by atoms with Gasteiger partial charge >= 0.3 is 0 Å². The van der Waals surface area contributed by atoms with Crippen molar-refractivity contribution >= 4 is 17.3 Å². The van der Waals surface area contributed by atoms with E-state index < -0.39 is 0 Å². The molecule has 0 aliphatic carbocycles. The number of nitrogens with zero attached hydrogens (tertiary/aromatic N) is 2. The monoisotopic (exact) mass is 351 g/mol. The summed E-state index contributed by atoms with van der Waals surface area (Å²) >= 11 is 0. The van der Waals surface area contributed by atoms with Gasteiger partial charge in [-0.25, -0.2) is 0 Å². The summed E-state index contributed by atoms with van der Waals surface area (Å²) in [6.07, 6.45) is 0. The molecular weight excluding hydrogens is 322 g/mol. The summed E-state index contributed by atoms with van der Waals surface area (Å²) in [6, 6.07) is 12.7. The van der Waals surface area contributed by atoms with Gasteiger partial charge < -0.3 is 15.1 Å². The molecule has 1 aliphatic heterocycles. The van der Waals surface area contributed by atoms with E-state index in [0.29, 0.717) is 6.54 Å². The van der Waals surface area contributed by atoms with E-state index in [1.165, 1.54) is 27.9 Å². The Morgan fingerprint density at radius 3 is 2.42 bits per heavy atom. The first-order valence-electron chi connectivity index (χ1n) is 9.36. The number of nitrogens with one attached hydrogen (secondary N) is 1. The molecule has 0 atom stereocenters. The van der Waals surface area contributed by atoms with Gasteiger partial charge in [0.2, 0.25) is 5.91 Å². The molecule has 138 valence electrons. The van der Waals surface area contributed by atoms with Gasteiger partial charge in [-0.05, 0) is 62.1 Å². The summed E-state index contributed by atoms with van der Waals surface area (Å²) in [5, 5.41) is 3.31. The maximum absolute atomic E-state index is 12.6. The molecule has 1 fully saturated rings. The summed E-state index contributed by atoms with van der Waals surface area (Å²) in [5.41, 5.74) is 7.37. The number of anilines is 2. The van der Waals surface area contributed by atoms with Crippen LogP contribution < -0.4 is 10.2 Å². The fourth-order valence-electron chi connectivity index (χ4n) is 3.48. The van der Waals surface area contributed by atoms with Crippen LogP contribution in [0.4, 0.5) is 11.4 Å². The van der Waals surface area contributed by atoms with E-state index in [4.69, 9.17) is 0 Å². The molecule has 0 aromatic heterocycles. The summed E-state index contributed by atoms with van der Waals surface area (Å²) in [4.78, 5) is 16.9. The van der Waals surface area contributed by atoms with Crippen LogP contribution in [-0.4, -0.2) is 43.5 Å². The van der Waals surface area contributed by atoms with Crippen molar-refractivity contribution in [1.82, 2.24) is 4.90 Å². The second-order valence-electron chi connectivity index (χ2n) is 7.26. The highest BCUT2D eigenvalue weighted by atomic mass is 16.2. The number of rotatable bonds is 4. The third kappa shape index (κ3) is 4.01. The molecule has 0 radical (unpaired) electrons. The Morgan fingerprint density at radius 1 is 0.962 bits per heavy atom. The lowest BCUT2D eigenvalue weighted by molar-refractivity contribution is -0.129. The zero-order valence-electron chi connectivity index (χ0n) is 16.3. The van der Waals surface area contributed by atoms with Crippen LogP contribution in [0.1, 0.15) is 22.3 Å². The minimum Gasteiger partial charge on any atom is -0.376 e. The van der Waals surface area contributed by atoms with E-state index in [1.54, 1.807) is 0 Å². The Balaban J connectivity index is 1.55. The van der Waals surface area contributed by atoms with Crippen LogP contribution in [0.5, 0.6) is 0 Å². The smallest absolute Gasteiger partial charge is 0.241 e. The number of hydrogen-bond acceptors (Lipinski definition) is 3. The van der Waals surface area contributed by atoms with Crippen molar-refractivity contribution in [2.75, 3.05) is 42.9 Å². The summed E-state index contributed by atoms with van der Waals surface area (Å²) in [5.74, 6) is 0.173. The van der Waals surface area contributed by atoms with Gasteiger partial charge in [-0.3, -0.25) is 4.79 Å². The van der Waals surface area contributed by atoms with Crippen molar-refractivity contribution in [3.8, 4) is 0 Å². The molecule has 1 N–H and O–H groups in total. The van der Waals surface area contributed by atoms with E-state index in [2.05, 4.69) is 74.3 Å². The number of hydrogen-bond donors (Lipinski definition) is 1. The molecule has 26 heavy (non-hydrogen) atoms. The minimum atomic E-state index is 0.173. The molecule has 1 heterocycles. The molecule has 0 unspecified atom stereocenters. The maximum Gasteiger partial charge on any atom is 0.241 e. The van der Waals surface area contributed by atoms with E-state index in [1.807, 2.05) is 4.90 Å². The quantitative estimate of drug-likeness (QED) is 0.913. The topological polar surface area (TPSA) is 35.6 Å². The third-order valence-corrected chi connectivity index (χ3v) is 5.37. The normalized spacial score (nSPS) is 14.5. The lowest BCUT2D eigenvalue weighted by atomic mass is 10.1. The van der Waals surface area contributed by atoms with Crippen LogP contribution in [0, 0.1) is 27.7 Å². The maximum atomic E-state index is 12.6. The zero-order valence-corrected chi connectivity index (χ0v) is 16.3. The van der Waals surface area contributed by atoms with Gasteiger partial charge in [0.1, 0.15) is 0 Å². The molecule has 3 rings (SSSR count). The standard InChI is InChI=1S/C22H29N3O/c1-16-8-9-18(3)20(14-16)23-15-22(26)25-12-10-24(11-13-25)21-7-5-6-17(2)19(21)4/h5-9,14,23H,10-13,15H2,1-4H3. The lowest BCUT2D eigenvalue weighted by Crippen LogP contribution is -2.50. The summed E-state index contributed by atoms with van der Waals surface area (Å²) < 4.78 is 0. The van der Waals surface area contributed by atoms with Crippen molar-refractivity contribution in [1.29, 1.82) is 0 Å². The van der Waals surface area contributed by atoms with Crippen LogP contribution in [0.2, 0.25) is 0 Å². The minimum absolute atomic E-state index is 0.173. The van der Waals surface area contributed by atoms with Crippen molar-refractivity contribution in [3.05, 3.63) is 58.7 Å². The predicted octanol–water partition coefficient (Wildman–Crippen LogP) is 3.68. The molecule has 0 spiro atoms. The molecule has 1 aliphatic rings. The number of amides is 1. The van der Waals surface area contributed by atoms with Gasteiger partial charge in [0.15, 0.2) is 0 Å². The first kappa shape index (κ1) is 18.3. The molecule has 4 nitrogen and oxygen atoms in total. The highest BCUT2D eigenvalue weighted by Crippen LogP contribution is 2.24. The Labute approximate surface area is 156 Å². The Hall–Kier alpha value is -2.49. The van der Waals surface area contributed by atoms with Crippen molar-refractivity contribution in [2.45, 2.75) is 27.7 Å². The van der Waals surface area contributed by atoms with Crippen molar-refractivity contribution in [3.63, 3.8) is 0 Å². The van der Waals surface area contributed by atoms with Gasteiger partial charge in [-0.15, -0.1) is 0 Å². The highest BCUT2D eigenvalue weighted by Gasteiger charge is 2.22. The Bertz CT molecular complexity index is 792. The van der Waals surface area contributed by atoms with Crippen LogP contribution in [0.25, 0.3) is 0 Å². The third-order valence-electron chi connectivity index (χ3n) is 5.37. The van der Waals surface area contributed by atoms with Gasteiger partial charge in [0, 0.05) is 37.6 Å². The Kier molecular flexibility index (Phi) is 5.50. The first-order chi connectivity index (χ1) is 12.5. The molecule has 2 aromatic rings. The molecule has 2 aromatic carbocycles. The van der Waals surface area contributed by atoms with Crippen molar-refractivity contribution in [2.24, 2.45) is 0 Å². The van der Waals surface area contributed by atoms with Crippen molar-refractivity contribution < 1.29 is 4.79 Å². The molecule has 0 bridgehead atoms. The molecule has 4 heteroatoms. The first-order valence-corrected chi connectivity index (χ1v) is 9.36. The average molecular weight is 351 g/mol. The van der Waals surface area contributed by atoms with E-state index in [0.717, 1.165) is 31.9 Å². The fourth-order valence-corrected chi connectivity index (χ4v) is 3.48. The predicted molar refractivity (Wildman–Crippen MR) is 109 cm³/mol. The SMILES string of the molecule is Cc1ccc(C)c(NCC(=O)N2CCN(c3cccc(C)c3C)CC2)c1. The van der Waals surface area contributed by atoms with Gasteiger partial charge in [-0.2, -0.15) is 0 Å². The molecular formula is C22H29N3O. The van der Waals surface area contributed by atoms with E-state index in [-0.39, 0.29) is 5.91 Å². The second-order valence-corrected chi connectivity index (χ2v) is 7.26. The summed E-state index contributed by atoms with van der Waals surface area (Å²) in [7, 11) is 0. The van der Waals surface area contributed by atoms with E-state index >= 15 is 0 Å². The summed E-state index contributed by atoms with van der Waals surface area (Å²) in [6.45, 7) is 12.1. The molecule has 1 amide bonds. The van der Waals surface area contributed by atoms with Crippen LogP contribution in [-0.2, 0) is 4.79 Å². The number of aryl methyl sites for hydroxylation is 3. The average Bonchev–Trinajstić information content (AvgIpc) is 2.64. The number of benzene rings is 2. The second kappa shape index (κ2) is 7.81. The number of carbonyl (C=O) groups is 1. The van der Waals surface area contributed by atoms with Crippen LogP contribution >= 0.6 is 0 Å². The largest absolute Gasteiger partial charge is 0.376 e. The molecule has 1 saturated heterocycles. The molecule has 0 saturated carbocycles. The Morgan fingerprint density at radius 2 is 1.69 bits per heavy atom. The van der Waals surface area contributed by atoms with Crippen LogP contribution in [0.15, 0.2) is 36.4 Å². The zero-order chi connectivity index (χ0) is 18.7. The van der Waals surface area contributed by atoms with Crippen LogP contribution in [0.3, 0.4) is 0 Å². The fraction of sp³-hybridized carbons (Fsp3) is 0.409. The number of piperazine rings is 1.